The Hall–Kier alpha value is -3.35. The van der Waals surface area contributed by atoms with E-state index < -0.39 is 23.5 Å². The Bertz CT molecular complexity index is 1260. The van der Waals surface area contributed by atoms with Gasteiger partial charge in [-0.3, -0.25) is 14.5 Å². The van der Waals surface area contributed by atoms with E-state index in [4.69, 9.17) is 27.9 Å². The zero-order valence-corrected chi connectivity index (χ0v) is 18.9. The number of hydrogen-bond acceptors (Lipinski definition) is 4. The minimum atomic E-state index is -0.977. The van der Waals surface area contributed by atoms with Crippen LogP contribution >= 0.6 is 23.2 Å². The first-order valence-electron chi connectivity index (χ1n) is 10.1. The van der Waals surface area contributed by atoms with E-state index in [0.717, 1.165) is 6.07 Å². The molecule has 0 aliphatic carbocycles. The van der Waals surface area contributed by atoms with Gasteiger partial charge < -0.3 is 9.84 Å². The first-order chi connectivity index (χ1) is 15.8. The van der Waals surface area contributed by atoms with Crippen LogP contribution in [0.3, 0.4) is 0 Å². The molecule has 1 heterocycles. The van der Waals surface area contributed by atoms with E-state index in [0.29, 0.717) is 28.5 Å². The summed E-state index contributed by atoms with van der Waals surface area (Å²) >= 11 is 12.0. The van der Waals surface area contributed by atoms with Gasteiger partial charge in [-0.1, -0.05) is 35.3 Å². The quantitative estimate of drug-likeness (QED) is 0.267. The molecule has 1 saturated heterocycles. The van der Waals surface area contributed by atoms with E-state index >= 15 is 0 Å². The lowest BCUT2D eigenvalue weighted by Crippen LogP contribution is -2.29. The molecule has 3 aromatic rings. The second-order valence-electron chi connectivity index (χ2n) is 7.28. The van der Waals surface area contributed by atoms with Crippen molar-refractivity contribution in [2.24, 2.45) is 0 Å². The fraction of sp³-hybridized carbons (Fsp3) is 0.120. The number of nitrogens with zero attached hydrogens (tertiary/aromatic N) is 1. The number of amides is 1. The summed E-state index contributed by atoms with van der Waals surface area (Å²) in [6, 6.07) is 15.8. The van der Waals surface area contributed by atoms with Crippen LogP contribution in [0.1, 0.15) is 24.1 Å². The summed E-state index contributed by atoms with van der Waals surface area (Å²) in [5.74, 6) is -2.14. The van der Waals surface area contributed by atoms with Crippen molar-refractivity contribution in [2.75, 3.05) is 11.5 Å². The second-order valence-corrected chi connectivity index (χ2v) is 8.12. The van der Waals surface area contributed by atoms with Crippen molar-refractivity contribution in [1.29, 1.82) is 0 Å². The molecule has 1 amide bonds. The van der Waals surface area contributed by atoms with Gasteiger partial charge in [-0.15, -0.1) is 0 Å². The van der Waals surface area contributed by atoms with Crippen LogP contribution < -0.4 is 9.64 Å². The highest BCUT2D eigenvalue weighted by Crippen LogP contribution is 2.43. The molecule has 3 aromatic carbocycles. The maximum Gasteiger partial charge on any atom is 0.300 e. The molecule has 1 aliphatic heterocycles. The third-order valence-electron chi connectivity index (χ3n) is 5.25. The number of carbonyl (C=O) groups excluding carboxylic acids is 2. The Balaban J connectivity index is 1.89. The molecule has 5 nitrogen and oxygen atoms in total. The van der Waals surface area contributed by atoms with Gasteiger partial charge >= 0.3 is 0 Å². The van der Waals surface area contributed by atoms with Crippen LogP contribution in [0, 0.1) is 5.82 Å². The van der Waals surface area contributed by atoms with Crippen molar-refractivity contribution in [3.63, 3.8) is 0 Å². The molecule has 0 spiro atoms. The minimum Gasteiger partial charge on any atom is -0.507 e. The minimum absolute atomic E-state index is 0.105. The van der Waals surface area contributed by atoms with Gasteiger partial charge in [-0.25, -0.2) is 4.39 Å². The molecule has 1 N–H and O–H groups in total. The number of rotatable bonds is 5. The Morgan fingerprint density at radius 1 is 1.03 bits per heavy atom. The summed E-state index contributed by atoms with van der Waals surface area (Å²) in [6.45, 7) is 2.33. The van der Waals surface area contributed by atoms with Gasteiger partial charge in [0.15, 0.2) is 0 Å². The predicted octanol–water partition coefficient (Wildman–Crippen LogP) is 6.16. The lowest BCUT2D eigenvalue weighted by atomic mass is 9.95. The lowest BCUT2D eigenvalue weighted by Gasteiger charge is -2.25. The fourth-order valence-corrected chi connectivity index (χ4v) is 4.03. The Morgan fingerprint density at radius 2 is 1.70 bits per heavy atom. The van der Waals surface area contributed by atoms with Crippen molar-refractivity contribution in [1.82, 2.24) is 0 Å². The maximum absolute atomic E-state index is 13.8. The third kappa shape index (κ3) is 4.32. The Labute approximate surface area is 199 Å². The van der Waals surface area contributed by atoms with Crippen LogP contribution in [0.4, 0.5) is 10.1 Å². The smallest absolute Gasteiger partial charge is 0.300 e. The highest BCUT2D eigenvalue weighted by molar-refractivity contribution is 6.51. The van der Waals surface area contributed by atoms with Crippen molar-refractivity contribution >= 4 is 46.3 Å². The average Bonchev–Trinajstić information content (AvgIpc) is 3.07. The molecule has 1 unspecified atom stereocenters. The molecule has 0 bridgehead atoms. The predicted molar refractivity (Wildman–Crippen MR) is 125 cm³/mol. The van der Waals surface area contributed by atoms with Gasteiger partial charge in [0.05, 0.1) is 23.2 Å². The standard InChI is InChI=1S/C25H18Cl2FNO4/c1-2-33-18-10-5-15(6-11-18)23(30)21-22(14-3-7-16(26)8-4-14)29(25(32)24(21)31)17-9-12-20(28)19(27)13-17/h3-13,22,30H,2H2,1H3/b23-21+. The molecule has 4 rings (SSSR count). The summed E-state index contributed by atoms with van der Waals surface area (Å²) < 4.78 is 19.2. The van der Waals surface area contributed by atoms with E-state index in [2.05, 4.69) is 0 Å². The second kappa shape index (κ2) is 9.25. The number of halogens is 3. The molecule has 0 aromatic heterocycles. The molecule has 8 heteroatoms. The molecule has 33 heavy (non-hydrogen) atoms. The Morgan fingerprint density at radius 3 is 2.30 bits per heavy atom. The summed E-state index contributed by atoms with van der Waals surface area (Å²) in [7, 11) is 0. The molecular weight excluding hydrogens is 468 g/mol. The molecular formula is C25H18Cl2FNO4. The zero-order chi connectivity index (χ0) is 23.7. The zero-order valence-electron chi connectivity index (χ0n) is 17.4. The first-order valence-corrected chi connectivity index (χ1v) is 10.8. The number of Topliss-reactive ketones (excluding diaryl/α,β-unsaturated/α-hetero) is 1. The number of aliphatic hydroxyl groups excluding tert-OH is 1. The molecule has 1 atom stereocenters. The number of carbonyl (C=O) groups is 2. The van der Waals surface area contributed by atoms with E-state index in [-0.39, 0.29) is 22.0 Å². The maximum atomic E-state index is 13.8. The molecule has 0 saturated carbocycles. The van der Waals surface area contributed by atoms with Gasteiger partial charge in [0.1, 0.15) is 17.3 Å². The SMILES string of the molecule is CCOc1ccc(/C(O)=C2\C(=O)C(=O)N(c3ccc(F)c(Cl)c3)C2c2ccc(Cl)cc2)cc1. The number of benzene rings is 3. The van der Waals surface area contributed by atoms with Crippen LogP contribution in [-0.2, 0) is 9.59 Å². The third-order valence-corrected chi connectivity index (χ3v) is 5.79. The number of ether oxygens (including phenoxy) is 1. The van der Waals surface area contributed by atoms with Gasteiger partial charge in [0.25, 0.3) is 11.7 Å². The first kappa shape index (κ1) is 22.8. The summed E-state index contributed by atoms with van der Waals surface area (Å²) in [4.78, 5) is 27.4. The number of hydrogen-bond donors (Lipinski definition) is 1. The van der Waals surface area contributed by atoms with Crippen LogP contribution in [0.25, 0.3) is 5.76 Å². The van der Waals surface area contributed by atoms with Crippen molar-refractivity contribution < 1.29 is 23.8 Å². The monoisotopic (exact) mass is 485 g/mol. The Kier molecular flexibility index (Phi) is 6.40. The number of aliphatic hydroxyl groups is 1. The molecule has 168 valence electrons. The van der Waals surface area contributed by atoms with Gasteiger partial charge in [-0.05, 0) is 67.1 Å². The van der Waals surface area contributed by atoms with Crippen molar-refractivity contribution in [2.45, 2.75) is 13.0 Å². The fourth-order valence-electron chi connectivity index (χ4n) is 3.73. The van der Waals surface area contributed by atoms with Crippen molar-refractivity contribution in [3.8, 4) is 5.75 Å². The van der Waals surface area contributed by atoms with E-state index in [1.54, 1.807) is 48.5 Å². The van der Waals surface area contributed by atoms with Crippen LogP contribution in [-0.4, -0.2) is 23.4 Å². The topological polar surface area (TPSA) is 66.8 Å². The van der Waals surface area contributed by atoms with E-state index in [1.165, 1.54) is 17.0 Å². The summed E-state index contributed by atoms with van der Waals surface area (Å²) in [6.07, 6.45) is 0. The molecule has 0 radical (unpaired) electrons. The lowest BCUT2D eigenvalue weighted by molar-refractivity contribution is -0.132. The van der Waals surface area contributed by atoms with E-state index in [1.807, 2.05) is 6.92 Å². The molecule has 1 fully saturated rings. The van der Waals surface area contributed by atoms with Crippen LogP contribution in [0.5, 0.6) is 5.75 Å². The highest BCUT2D eigenvalue weighted by Gasteiger charge is 2.47. The summed E-state index contributed by atoms with van der Waals surface area (Å²) in [5.41, 5.74) is 0.986. The van der Waals surface area contributed by atoms with Crippen LogP contribution in [0.15, 0.2) is 72.3 Å². The highest BCUT2D eigenvalue weighted by atomic mass is 35.5. The van der Waals surface area contributed by atoms with Gasteiger partial charge in [0.2, 0.25) is 0 Å². The molecule has 1 aliphatic rings. The van der Waals surface area contributed by atoms with Gasteiger partial charge in [-0.2, -0.15) is 0 Å². The van der Waals surface area contributed by atoms with Crippen LogP contribution in [0.2, 0.25) is 10.0 Å². The largest absolute Gasteiger partial charge is 0.507 e. The number of ketones is 1. The number of anilines is 1. The van der Waals surface area contributed by atoms with E-state index in [9.17, 15) is 19.1 Å². The summed E-state index contributed by atoms with van der Waals surface area (Å²) in [5, 5.41) is 11.4. The normalized spacial score (nSPS) is 17.5. The van der Waals surface area contributed by atoms with Gasteiger partial charge in [0, 0.05) is 16.3 Å². The average molecular weight is 486 g/mol. The van der Waals surface area contributed by atoms with Crippen molar-refractivity contribution in [3.05, 3.63) is 99.3 Å².